The lowest BCUT2D eigenvalue weighted by atomic mass is 10.0. The van der Waals surface area contributed by atoms with Crippen LogP contribution in [0.15, 0.2) is 65.3 Å². The average Bonchev–Trinajstić information content (AvgIpc) is 3.22. The molecule has 5 nitrogen and oxygen atoms in total. The highest BCUT2D eigenvalue weighted by atomic mass is 16.3. The monoisotopic (exact) mass is 376 g/mol. The Hall–Kier alpha value is -3.34. The molecule has 2 amide bonds. The molecule has 0 bridgehead atoms. The van der Waals surface area contributed by atoms with Crippen LogP contribution in [0.25, 0.3) is 0 Å². The molecule has 1 aromatic heterocycles. The van der Waals surface area contributed by atoms with Gasteiger partial charge in [-0.2, -0.15) is 0 Å². The Balaban J connectivity index is 1.45. The number of aryl methyl sites for hydroxylation is 3. The van der Waals surface area contributed by atoms with E-state index in [0.29, 0.717) is 18.7 Å². The molecule has 28 heavy (non-hydrogen) atoms. The summed E-state index contributed by atoms with van der Waals surface area (Å²) in [5.41, 5.74) is 5.30. The Kier molecular flexibility index (Phi) is 6.27. The molecule has 0 aliphatic carbocycles. The number of benzene rings is 2. The maximum atomic E-state index is 12.1. The number of carbonyl (C=O) groups is 2. The van der Waals surface area contributed by atoms with Gasteiger partial charge in [-0.3, -0.25) is 9.59 Å². The summed E-state index contributed by atoms with van der Waals surface area (Å²) in [5, 5.41) is 5.71. The van der Waals surface area contributed by atoms with E-state index >= 15 is 0 Å². The summed E-state index contributed by atoms with van der Waals surface area (Å²) in [6.45, 7) is 4.60. The predicted molar refractivity (Wildman–Crippen MR) is 109 cm³/mol. The third-order valence-electron chi connectivity index (χ3n) is 4.57. The summed E-state index contributed by atoms with van der Waals surface area (Å²) in [6.07, 6.45) is 2.65. The van der Waals surface area contributed by atoms with Crippen LogP contribution < -0.4 is 10.6 Å². The summed E-state index contributed by atoms with van der Waals surface area (Å²) in [5.74, 6) is -0.00669. The molecular weight excluding hydrogens is 352 g/mol. The minimum Gasteiger partial charge on any atom is -0.459 e. The fourth-order valence-electron chi connectivity index (χ4n) is 2.97. The first-order valence-electron chi connectivity index (χ1n) is 9.28. The zero-order chi connectivity index (χ0) is 19.9. The summed E-state index contributed by atoms with van der Waals surface area (Å²) >= 11 is 0. The number of hydrogen-bond acceptors (Lipinski definition) is 3. The van der Waals surface area contributed by atoms with Crippen molar-refractivity contribution < 1.29 is 14.0 Å². The lowest BCUT2D eigenvalue weighted by Crippen LogP contribution is -2.23. The van der Waals surface area contributed by atoms with E-state index < -0.39 is 0 Å². The minimum atomic E-state index is -0.294. The largest absolute Gasteiger partial charge is 0.459 e. The summed E-state index contributed by atoms with van der Waals surface area (Å²) < 4.78 is 5.06. The fraction of sp³-hybridized carbons (Fsp3) is 0.217. The first-order chi connectivity index (χ1) is 13.5. The number of carbonyl (C=O) groups excluding carboxylic acids is 2. The Morgan fingerprint density at radius 1 is 1.00 bits per heavy atom. The van der Waals surface area contributed by atoms with Gasteiger partial charge in [0.25, 0.3) is 5.91 Å². The molecule has 0 saturated carbocycles. The van der Waals surface area contributed by atoms with Crippen LogP contribution in [0.4, 0.5) is 5.69 Å². The highest BCUT2D eigenvalue weighted by Gasteiger charge is 2.09. The number of nitrogens with one attached hydrogen (secondary N) is 2. The molecule has 1 heterocycles. The van der Waals surface area contributed by atoms with Crippen LogP contribution >= 0.6 is 0 Å². The topological polar surface area (TPSA) is 71.3 Å². The number of anilines is 1. The molecule has 2 N–H and O–H groups in total. The van der Waals surface area contributed by atoms with Crippen molar-refractivity contribution in [2.75, 3.05) is 5.32 Å². The Morgan fingerprint density at radius 3 is 2.46 bits per heavy atom. The van der Waals surface area contributed by atoms with Crippen LogP contribution in [0.5, 0.6) is 0 Å². The van der Waals surface area contributed by atoms with E-state index in [1.165, 1.54) is 23.0 Å². The standard InChI is InChI=1S/C23H24N2O3/c1-16-5-8-19(17(2)14-16)9-12-22(26)24-15-18-6-10-20(11-7-18)25-23(27)21-4-3-13-28-21/h3-8,10-11,13-14H,9,12,15H2,1-2H3,(H,24,26)(H,25,27). The summed E-state index contributed by atoms with van der Waals surface area (Å²) in [7, 11) is 0. The second kappa shape index (κ2) is 9.04. The molecule has 3 aromatic rings. The van der Waals surface area contributed by atoms with E-state index in [-0.39, 0.29) is 17.6 Å². The molecular formula is C23H24N2O3. The van der Waals surface area contributed by atoms with Crippen molar-refractivity contribution in [3.63, 3.8) is 0 Å². The van der Waals surface area contributed by atoms with E-state index in [2.05, 4.69) is 42.7 Å². The van der Waals surface area contributed by atoms with Crippen LogP contribution in [0, 0.1) is 13.8 Å². The molecule has 5 heteroatoms. The van der Waals surface area contributed by atoms with E-state index in [1.807, 2.05) is 12.1 Å². The van der Waals surface area contributed by atoms with Crippen LogP contribution in [0.3, 0.4) is 0 Å². The van der Waals surface area contributed by atoms with E-state index in [0.717, 1.165) is 12.0 Å². The van der Waals surface area contributed by atoms with E-state index in [1.54, 1.807) is 24.3 Å². The Morgan fingerprint density at radius 2 is 1.79 bits per heavy atom. The third kappa shape index (κ3) is 5.33. The van der Waals surface area contributed by atoms with Gasteiger partial charge in [0.2, 0.25) is 5.91 Å². The SMILES string of the molecule is Cc1ccc(CCC(=O)NCc2ccc(NC(=O)c3ccco3)cc2)c(C)c1. The van der Waals surface area contributed by atoms with Crippen molar-refractivity contribution in [3.05, 3.63) is 88.9 Å². The molecule has 0 radical (unpaired) electrons. The lowest BCUT2D eigenvalue weighted by molar-refractivity contribution is -0.121. The minimum absolute atomic E-state index is 0.0233. The predicted octanol–water partition coefficient (Wildman–Crippen LogP) is 4.40. The number of rotatable bonds is 7. The van der Waals surface area contributed by atoms with E-state index in [4.69, 9.17) is 4.42 Å². The van der Waals surface area contributed by atoms with Crippen molar-refractivity contribution in [1.29, 1.82) is 0 Å². The van der Waals surface area contributed by atoms with Gasteiger partial charge in [-0.25, -0.2) is 0 Å². The van der Waals surface area contributed by atoms with Crippen LogP contribution in [0.2, 0.25) is 0 Å². The quantitative estimate of drug-likeness (QED) is 0.642. The lowest BCUT2D eigenvalue weighted by Gasteiger charge is -2.09. The molecule has 0 atom stereocenters. The molecule has 0 fully saturated rings. The second-order valence-electron chi connectivity index (χ2n) is 6.84. The number of amides is 2. The van der Waals surface area contributed by atoms with Crippen molar-refractivity contribution in [2.45, 2.75) is 33.2 Å². The maximum Gasteiger partial charge on any atom is 0.291 e. The number of hydrogen-bond donors (Lipinski definition) is 2. The van der Waals surface area contributed by atoms with Crippen molar-refractivity contribution >= 4 is 17.5 Å². The second-order valence-corrected chi connectivity index (χ2v) is 6.84. The Bertz CT molecular complexity index is 944. The van der Waals surface area contributed by atoms with Gasteiger partial charge in [-0.05, 0) is 61.2 Å². The third-order valence-corrected chi connectivity index (χ3v) is 4.57. The van der Waals surface area contributed by atoms with Crippen LogP contribution in [-0.4, -0.2) is 11.8 Å². The van der Waals surface area contributed by atoms with Crippen LogP contribution in [-0.2, 0) is 17.8 Å². The molecule has 3 rings (SSSR count). The van der Waals surface area contributed by atoms with Gasteiger partial charge >= 0.3 is 0 Å². The fourth-order valence-corrected chi connectivity index (χ4v) is 2.97. The molecule has 0 unspecified atom stereocenters. The first-order valence-corrected chi connectivity index (χ1v) is 9.28. The smallest absolute Gasteiger partial charge is 0.291 e. The van der Waals surface area contributed by atoms with Gasteiger partial charge in [0, 0.05) is 18.7 Å². The van der Waals surface area contributed by atoms with Gasteiger partial charge < -0.3 is 15.1 Å². The molecule has 0 aliphatic heterocycles. The molecule has 0 saturated heterocycles. The summed E-state index contributed by atoms with van der Waals surface area (Å²) in [4.78, 5) is 24.1. The van der Waals surface area contributed by atoms with Gasteiger partial charge in [0.05, 0.1) is 6.26 Å². The molecule has 0 aliphatic rings. The normalized spacial score (nSPS) is 10.5. The Labute approximate surface area is 164 Å². The highest BCUT2D eigenvalue weighted by Crippen LogP contribution is 2.14. The molecule has 2 aromatic carbocycles. The average molecular weight is 376 g/mol. The van der Waals surface area contributed by atoms with Gasteiger partial charge in [0.15, 0.2) is 5.76 Å². The van der Waals surface area contributed by atoms with Crippen molar-refractivity contribution in [3.8, 4) is 0 Å². The molecule has 0 spiro atoms. The van der Waals surface area contributed by atoms with Gasteiger partial charge in [-0.15, -0.1) is 0 Å². The van der Waals surface area contributed by atoms with Gasteiger partial charge in [0.1, 0.15) is 0 Å². The zero-order valence-corrected chi connectivity index (χ0v) is 16.1. The van der Waals surface area contributed by atoms with Crippen LogP contribution in [0.1, 0.15) is 39.2 Å². The first kappa shape index (κ1) is 19.4. The summed E-state index contributed by atoms with van der Waals surface area (Å²) in [6, 6.07) is 16.9. The van der Waals surface area contributed by atoms with Crippen molar-refractivity contribution in [2.24, 2.45) is 0 Å². The van der Waals surface area contributed by atoms with E-state index in [9.17, 15) is 9.59 Å². The maximum absolute atomic E-state index is 12.1. The zero-order valence-electron chi connectivity index (χ0n) is 16.1. The highest BCUT2D eigenvalue weighted by molar-refractivity contribution is 6.02. The molecule has 144 valence electrons. The van der Waals surface area contributed by atoms with Gasteiger partial charge in [-0.1, -0.05) is 35.9 Å². The van der Waals surface area contributed by atoms with Crippen molar-refractivity contribution in [1.82, 2.24) is 5.32 Å². The number of furan rings is 1.